The van der Waals surface area contributed by atoms with Gasteiger partial charge in [0.05, 0.1) is 5.41 Å². The SMILES string of the molecule is CC(CC1CC1)NC(=O)NCC1(C(=O)O)CCCCCC1. The monoisotopic (exact) mass is 296 g/mol. The van der Waals surface area contributed by atoms with Crippen LogP contribution < -0.4 is 10.6 Å². The van der Waals surface area contributed by atoms with Crippen LogP contribution in [0.2, 0.25) is 0 Å². The van der Waals surface area contributed by atoms with Gasteiger partial charge in [0.1, 0.15) is 0 Å². The fraction of sp³-hybridized carbons (Fsp3) is 0.875. The van der Waals surface area contributed by atoms with Gasteiger partial charge in [-0.25, -0.2) is 4.79 Å². The third-order valence-electron chi connectivity index (χ3n) is 4.86. The molecule has 0 aromatic carbocycles. The maximum Gasteiger partial charge on any atom is 0.315 e. The van der Waals surface area contributed by atoms with Crippen LogP contribution in [0.25, 0.3) is 0 Å². The van der Waals surface area contributed by atoms with Gasteiger partial charge in [-0.1, -0.05) is 38.5 Å². The van der Waals surface area contributed by atoms with Gasteiger partial charge in [0.15, 0.2) is 0 Å². The summed E-state index contributed by atoms with van der Waals surface area (Å²) in [6.45, 7) is 2.25. The molecule has 0 aromatic heterocycles. The van der Waals surface area contributed by atoms with Gasteiger partial charge in [-0.15, -0.1) is 0 Å². The average molecular weight is 296 g/mol. The van der Waals surface area contributed by atoms with E-state index in [1.165, 1.54) is 12.8 Å². The second-order valence-corrected chi connectivity index (χ2v) is 6.91. The third kappa shape index (κ3) is 4.90. The fourth-order valence-corrected chi connectivity index (χ4v) is 3.31. The molecule has 2 aliphatic carbocycles. The number of hydrogen-bond acceptors (Lipinski definition) is 2. The van der Waals surface area contributed by atoms with Crippen molar-refractivity contribution in [3.63, 3.8) is 0 Å². The first-order valence-corrected chi connectivity index (χ1v) is 8.30. The zero-order valence-electron chi connectivity index (χ0n) is 13.0. The van der Waals surface area contributed by atoms with E-state index in [2.05, 4.69) is 10.6 Å². The van der Waals surface area contributed by atoms with Crippen LogP contribution in [0.3, 0.4) is 0 Å². The van der Waals surface area contributed by atoms with Crippen molar-refractivity contribution < 1.29 is 14.7 Å². The van der Waals surface area contributed by atoms with Crippen molar-refractivity contribution in [1.82, 2.24) is 10.6 Å². The molecule has 3 N–H and O–H groups in total. The van der Waals surface area contributed by atoms with Crippen molar-refractivity contribution >= 4 is 12.0 Å². The van der Waals surface area contributed by atoms with Gasteiger partial charge >= 0.3 is 12.0 Å². The number of aliphatic carboxylic acids is 1. The van der Waals surface area contributed by atoms with Crippen LogP contribution in [0, 0.1) is 11.3 Å². The summed E-state index contributed by atoms with van der Waals surface area (Å²) in [5.41, 5.74) is -0.770. The average Bonchev–Trinajstić information content (AvgIpc) is 3.23. The van der Waals surface area contributed by atoms with Crippen molar-refractivity contribution in [3.8, 4) is 0 Å². The number of carbonyl (C=O) groups is 2. The Balaban J connectivity index is 1.79. The van der Waals surface area contributed by atoms with Crippen LogP contribution in [0.15, 0.2) is 0 Å². The first kappa shape index (κ1) is 16.1. The van der Waals surface area contributed by atoms with E-state index in [1.807, 2.05) is 6.92 Å². The van der Waals surface area contributed by atoms with Gasteiger partial charge < -0.3 is 15.7 Å². The third-order valence-corrected chi connectivity index (χ3v) is 4.86. The van der Waals surface area contributed by atoms with Gasteiger partial charge in [0, 0.05) is 12.6 Å². The highest BCUT2D eigenvalue weighted by molar-refractivity contribution is 5.78. The Morgan fingerprint density at radius 1 is 1.19 bits per heavy atom. The predicted molar refractivity (Wildman–Crippen MR) is 81.1 cm³/mol. The fourth-order valence-electron chi connectivity index (χ4n) is 3.31. The Hall–Kier alpha value is -1.26. The highest BCUT2D eigenvalue weighted by Crippen LogP contribution is 2.35. The molecule has 1 atom stereocenters. The zero-order valence-corrected chi connectivity index (χ0v) is 13.0. The number of rotatable bonds is 6. The Labute approximate surface area is 126 Å². The Morgan fingerprint density at radius 3 is 2.33 bits per heavy atom. The predicted octanol–water partition coefficient (Wildman–Crippen LogP) is 2.90. The molecular formula is C16H28N2O3. The number of urea groups is 1. The molecule has 0 aromatic rings. The molecule has 21 heavy (non-hydrogen) atoms. The summed E-state index contributed by atoms with van der Waals surface area (Å²) in [7, 11) is 0. The normalized spacial score (nSPS) is 22.9. The summed E-state index contributed by atoms with van der Waals surface area (Å²) in [5.74, 6) is 0.00301. The maximum atomic E-state index is 11.9. The summed E-state index contributed by atoms with van der Waals surface area (Å²) < 4.78 is 0. The number of carboxylic acid groups (broad SMARTS) is 1. The minimum atomic E-state index is -0.770. The molecule has 0 aliphatic heterocycles. The van der Waals surface area contributed by atoms with Crippen molar-refractivity contribution in [2.75, 3.05) is 6.54 Å². The van der Waals surface area contributed by atoms with Gasteiger partial charge in [0.25, 0.3) is 0 Å². The van der Waals surface area contributed by atoms with E-state index in [4.69, 9.17) is 0 Å². The van der Waals surface area contributed by atoms with E-state index in [-0.39, 0.29) is 18.6 Å². The number of nitrogens with one attached hydrogen (secondary N) is 2. The van der Waals surface area contributed by atoms with Crippen molar-refractivity contribution in [1.29, 1.82) is 0 Å². The first-order valence-electron chi connectivity index (χ1n) is 8.30. The van der Waals surface area contributed by atoms with Crippen LogP contribution in [0.1, 0.15) is 64.7 Å². The zero-order chi connectivity index (χ0) is 15.3. The van der Waals surface area contributed by atoms with Gasteiger partial charge in [-0.2, -0.15) is 0 Å². The van der Waals surface area contributed by atoms with Crippen molar-refractivity contribution in [2.24, 2.45) is 11.3 Å². The van der Waals surface area contributed by atoms with E-state index in [9.17, 15) is 14.7 Å². The summed E-state index contributed by atoms with van der Waals surface area (Å²) >= 11 is 0. The molecule has 5 nitrogen and oxygen atoms in total. The molecule has 0 heterocycles. The van der Waals surface area contributed by atoms with Crippen LogP contribution in [-0.2, 0) is 4.79 Å². The molecule has 0 saturated heterocycles. The molecule has 2 aliphatic rings. The van der Waals surface area contributed by atoms with Gasteiger partial charge in [-0.05, 0) is 32.1 Å². The lowest BCUT2D eigenvalue weighted by Crippen LogP contribution is -2.48. The van der Waals surface area contributed by atoms with E-state index >= 15 is 0 Å². The Bertz CT molecular complexity index is 372. The molecule has 2 amide bonds. The molecule has 0 radical (unpaired) electrons. The number of carboxylic acids is 1. The largest absolute Gasteiger partial charge is 0.481 e. The minimum absolute atomic E-state index is 0.160. The van der Waals surface area contributed by atoms with E-state index in [0.29, 0.717) is 12.8 Å². The highest BCUT2D eigenvalue weighted by atomic mass is 16.4. The molecule has 0 bridgehead atoms. The Morgan fingerprint density at radius 2 is 1.81 bits per heavy atom. The summed E-state index contributed by atoms with van der Waals surface area (Å²) in [6.07, 6.45) is 8.98. The molecule has 5 heteroatoms. The first-order chi connectivity index (χ1) is 10.0. The Kier molecular flexibility index (Phi) is 5.48. The van der Waals surface area contributed by atoms with Crippen molar-refractivity contribution in [3.05, 3.63) is 0 Å². The van der Waals surface area contributed by atoms with E-state index in [1.54, 1.807) is 0 Å². The molecular weight excluding hydrogens is 268 g/mol. The molecule has 2 rings (SSSR count). The van der Waals surface area contributed by atoms with Crippen molar-refractivity contribution in [2.45, 2.75) is 70.8 Å². The highest BCUT2D eigenvalue weighted by Gasteiger charge is 2.39. The summed E-state index contributed by atoms with van der Waals surface area (Å²) in [5, 5.41) is 15.3. The lowest BCUT2D eigenvalue weighted by atomic mass is 9.80. The lowest BCUT2D eigenvalue weighted by Gasteiger charge is -2.28. The standard InChI is InChI=1S/C16H28N2O3/c1-12(10-13-6-7-13)18-15(21)17-11-16(14(19)20)8-4-2-3-5-9-16/h12-13H,2-11H2,1H3,(H,19,20)(H2,17,18,21). The molecule has 2 saturated carbocycles. The summed E-state index contributed by atoms with van der Waals surface area (Å²) in [6, 6.07) is -0.0690. The van der Waals surface area contributed by atoms with Gasteiger partial charge in [0.2, 0.25) is 0 Å². The van der Waals surface area contributed by atoms with Crippen LogP contribution in [0.4, 0.5) is 4.79 Å². The quantitative estimate of drug-likeness (QED) is 0.659. The maximum absolute atomic E-state index is 11.9. The minimum Gasteiger partial charge on any atom is -0.481 e. The lowest BCUT2D eigenvalue weighted by molar-refractivity contribution is -0.149. The molecule has 120 valence electrons. The van der Waals surface area contributed by atoms with Crippen LogP contribution >= 0.6 is 0 Å². The van der Waals surface area contributed by atoms with Gasteiger partial charge in [-0.3, -0.25) is 4.79 Å². The molecule has 0 spiro atoms. The van der Waals surface area contributed by atoms with E-state index in [0.717, 1.165) is 38.0 Å². The molecule has 2 fully saturated rings. The smallest absolute Gasteiger partial charge is 0.315 e. The molecule has 1 unspecified atom stereocenters. The summed E-state index contributed by atoms with van der Waals surface area (Å²) in [4.78, 5) is 23.6. The van der Waals surface area contributed by atoms with Crippen LogP contribution in [-0.4, -0.2) is 29.7 Å². The number of carbonyl (C=O) groups excluding carboxylic acids is 1. The van der Waals surface area contributed by atoms with Crippen LogP contribution in [0.5, 0.6) is 0 Å². The number of hydrogen-bond donors (Lipinski definition) is 3. The second-order valence-electron chi connectivity index (χ2n) is 6.91. The topological polar surface area (TPSA) is 78.4 Å². The van der Waals surface area contributed by atoms with E-state index < -0.39 is 11.4 Å². The number of amides is 2. The second kappa shape index (κ2) is 7.14.